The number of methoxy groups -OCH3 is 1. The van der Waals surface area contributed by atoms with E-state index < -0.39 is 5.54 Å². The van der Waals surface area contributed by atoms with Gasteiger partial charge in [0, 0.05) is 21.2 Å². The van der Waals surface area contributed by atoms with E-state index in [0.29, 0.717) is 5.75 Å². The number of thioether (sulfide) groups is 1. The van der Waals surface area contributed by atoms with Gasteiger partial charge in [-0.1, -0.05) is 15.9 Å². The number of benzene rings is 1. The van der Waals surface area contributed by atoms with Gasteiger partial charge in [-0.25, -0.2) is 0 Å². The lowest BCUT2D eigenvalue weighted by Gasteiger charge is -2.29. The van der Waals surface area contributed by atoms with E-state index in [4.69, 9.17) is 4.74 Å². The molecule has 0 aromatic heterocycles. The molecule has 5 heteroatoms. The molecule has 0 aliphatic heterocycles. The minimum Gasteiger partial charge on any atom is -0.468 e. The number of nitrogens with one attached hydrogen (secondary N) is 1. The van der Waals surface area contributed by atoms with Crippen LogP contribution in [0.5, 0.6) is 0 Å². The molecule has 0 bridgehead atoms. The van der Waals surface area contributed by atoms with Crippen molar-refractivity contribution in [3.8, 4) is 0 Å². The normalized spacial score (nSPS) is 14.2. The standard InChI is InChI=1S/C14H20BrNO2S/c1-10(2)16-14(3,13(17)18-4)9-19-12-7-5-11(15)6-8-12/h5-8,10,16H,9H2,1-4H3. The lowest BCUT2D eigenvalue weighted by molar-refractivity contribution is -0.147. The molecule has 19 heavy (non-hydrogen) atoms. The third-order valence-corrected chi connectivity index (χ3v) is 4.44. The maximum Gasteiger partial charge on any atom is 0.326 e. The summed E-state index contributed by atoms with van der Waals surface area (Å²) in [5, 5.41) is 3.28. The van der Waals surface area contributed by atoms with Gasteiger partial charge in [0.15, 0.2) is 0 Å². The summed E-state index contributed by atoms with van der Waals surface area (Å²) < 4.78 is 5.95. The molecule has 1 N–H and O–H groups in total. The highest BCUT2D eigenvalue weighted by molar-refractivity contribution is 9.10. The average molecular weight is 346 g/mol. The zero-order valence-electron chi connectivity index (χ0n) is 11.7. The number of hydrogen-bond acceptors (Lipinski definition) is 4. The molecule has 0 aliphatic carbocycles. The van der Waals surface area contributed by atoms with Gasteiger partial charge < -0.3 is 4.74 Å². The van der Waals surface area contributed by atoms with Crippen molar-refractivity contribution in [2.24, 2.45) is 0 Å². The molecule has 0 fully saturated rings. The Morgan fingerprint density at radius 2 is 2.00 bits per heavy atom. The molecule has 0 amide bonds. The highest BCUT2D eigenvalue weighted by atomic mass is 79.9. The van der Waals surface area contributed by atoms with E-state index in [-0.39, 0.29) is 12.0 Å². The molecule has 1 atom stereocenters. The van der Waals surface area contributed by atoms with E-state index in [1.807, 2.05) is 45.0 Å². The second-order valence-electron chi connectivity index (χ2n) is 4.87. The number of carbonyl (C=O) groups is 1. The van der Waals surface area contributed by atoms with Gasteiger partial charge in [-0.2, -0.15) is 0 Å². The van der Waals surface area contributed by atoms with Gasteiger partial charge in [0.1, 0.15) is 5.54 Å². The van der Waals surface area contributed by atoms with Crippen LogP contribution in [-0.4, -0.2) is 30.4 Å². The van der Waals surface area contributed by atoms with Gasteiger partial charge in [0.05, 0.1) is 7.11 Å². The predicted molar refractivity (Wildman–Crippen MR) is 83.6 cm³/mol. The number of hydrogen-bond donors (Lipinski definition) is 1. The fraction of sp³-hybridized carbons (Fsp3) is 0.500. The summed E-state index contributed by atoms with van der Waals surface area (Å²) in [4.78, 5) is 13.1. The molecule has 1 aromatic carbocycles. The molecule has 0 radical (unpaired) electrons. The monoisotopic (exact) mass is 345 g/mol. The summed E-state index contributed by atoms with van der Waals surface area (Å²) in [5.74, 6) is 0.394. The Balaban J connectivity index is 2.72. The first-order valence-corrected chi connectivity index (χ1v) is 7.90. The molecule has 3 nitrogen and oxygen atoms in total. The number of ether oxygens (including phenoxy) is 1. The largest absolute Gasteiger partial charge is 0.468 e. The number of rotatable bonds is 6. The minimum absolute atomic E-state index is 0.217. The maximum absolute atomic E-state index is 11.9. The number of carbonyl (C=O) groups excluding carboxylic acids is 1. The second-order valence-corrected chi connectivity index (χ2v) is 6.83. The van der Waals surface area contributed by atoms with Crippen LogP contribution in [0.1, 0.15) is 20.8 Å². The lowest BCUT2D eigenvalue weighted by Crippen LogP contribution is -2.54. The van der Waals surface area contributed by atoms with Crippen molar-refractivity contribution < 1.29 is 9.53 Å². The van der Waals surface area contributed by atoms with E-state index in [9.17, 15) is 4.79 Å². The summed E-state index contributed by atoms with van der Waals surface area (Å²) in [7, 11) is 1.42. The Kier molecular flexibility index (Phi) is 6.36. The minimum atomic E-state index is -0.680. The first-order valence-electron chi connectivity index (χ1n) is 6.12. The summed E-state index contributed by atoms with van der Waals surface area (Å²) in [6, 6.07) is 8.26. The quantitative estimate of drug-likeness (QED) is 0.632. The molecule has 0 aliphatic rings. The number of esters is 1. The fourth-order valence-electron chi connectivity index (χ4n) is 1.78. The van der Waals surface area contributed by atoms with Crippen molar-refractivity contribution in [2.45, 2.75) is 37.2 Å². The van der Waals surface area contributed by atoms with Crippen LogP contribution >= 0.6 is 27.7 Å². The van der Waals surface area contributed by atoms with Crippen LogP contribution in [0.2, 0.25) is 0 Å². The first kappa shape index (κ1) is 16.5. The molecule has 0 heterocycles. The zero-order valence-corrected chi connectivity index (χ0v) is 14.1. The van der Waals surface area contributed by atoms with Gasteiger partial charge in [-0.05, 0) is 45.0 Å². The van der Waals surface area contributed by atoms with Crippen molar-refractivity contribution in [3.63, 3.8) is 0 Å². The highest BCUT2D eigenvalue weighted by Crippen LogP contribution is 2.25. The molecule has 1 unspecified atom stereocenters. The van der Waals surface area contributed by atoms with Crippen LogP contribution in [0.25, 0.3) is 0 Å². The van der Waals surface area contributed by atoms with Gasteiger partial charge in [-0.15, -0.1) is 11.8 Å². The molecule has 0 spiro atoms. The van der Waals surface area contributed by atoms with Gasteiger partial charge >= 0.3 is 5.97 Å². The smallest absolute Gasteiger partial charge is 0.326 e. The average Bonchev–Trinajstić information content (AvgIpc) is 2.36. The third kappa shape index (κ3) is 5.16. The SMILES string of the molecule is COC(=O)C(C)(CSc1ccc(Br)cc1)NC(C)C. The Morgan fingerprint density at radius 3 is 2.47 bits per heavy atom. The van der Waals surface area contributed by atoms with E-state index in [2.05, 4.69) is 21.2 Å². The molecule has 106 valence electrons. The van der Waals surface area contributed by atoms with Crippen molar-refractivity contribution in [2.75, 3.05) is 12.9 Å². The van der Waals surface area contributed by atoms with Crippen LogP contribution in [0, 0.1) is 0 Å². The second kappa shape index (κ2) is 7.31. The Labute approximate surface area is 127 Å². The van der Waals surface area contributed by atoms with Gasteiger partial charge in [0.2, 0.25) is 0 Å². The molecular formula is C14H20BrNO2S. The van der Waals surface area contributed by atoms with E-state index in [1.165, 1.54) is 7.11 Å². The molecule has 1 aromatic rings. The molecule has 0 saturated heterocycles. The maximum atomic E-state index is 11.9. The third-order valence-electron chi connectivity index (χ3n) is 2.58. The van der Waals surface area contributed by atoms with Crippen molar-refractivity contribution in [1.82, 2.24) is 5.32 Å². The summed E-state index contributed by atoms with van der Waals surface area (Å²) >= 11 is 5.05. The Bertz CT molecular complexity index is 422. The summed E-state index contributed by atoms with van der Waals surface area (Å²) in [6.07, 6.45) is 0. The fourth-order valence-corrected chi connectivity index (χ4v) is 3.03. The van der Waals surface area contributed by atoms with Crippen molar-refractivity contribution >= 4 is 33.7 Å². The van der Waals surface area contributed by atoms with Crippen LogP contribution in [0.4, 0.5) is 0 Å². The summed E-state index contributed by atoms with van der Waals surface area (Å²) in [5.41, 5.74) is -0.680. The van der Waals surface area contributed by atoms with E-state index >= 15 is 0 Å². The first-order chi connectivity index (χ1) is 8.87. The van der Waals surface area contributed by atoms with Crippen LogP contribution in [0.3, 0.4) is 0 Å². The van der Waals surface area contributed by atoms with Crippen LogP contribution in [-0.2, 0) is 9.53 Å². The van der Waals surface area contributed by atoms with Gasteiger partial charge in [-0.3, -0.25) is 10.1 Å². The predicted octanol–water partition coefficient (Wildman–Crippen LogP) is 3.47. The zero-order chi connectivity index (χ0) is 14.5. The van der Waals surface area contributed by atoms with Crippen LogP contribution < -0.4 is 5.32 Å². The Morgan fingerprint density at radius 1 is 1.42 bits per heavy atom. The summed E-state index contributed by atoms with van der Waals surface area (Å²) in [6.45, 7) is 5.92. The van der Waals surface area contributed by atoms with Crippen molar-refractivity contribution in [1.29, 1.82) is 0 Å². The van der Waals surface area contributed by atoms with Crippen LogP contribution in [0.15, 0.2) is 33.6 Å². The highest BCUT2D eigenvalue weighted by Gasteiger charge is 2.34. The molecule has 0 saturated carbocycles. The number of halogens is 1. The molecular weight excluding hydrogens is 326 g/mol. The van der Waals surface area contributed by atoms with Crippen molar-refractivity contribution in [3.05, 3.63) is 28.7 Å². The lowest BCUT2D eigenvalue weighted by atomic mass is 10.0. The Hall–Kier alpha value is -0.520. The molecule has 1 rings (SSSR count). The van der Waals surface area contributed by atoms with Gasteiger partial charge in [0.25, 0.3) is 0 Å². The van der Waals surface area contributed by atoms with E-state index in [0.717, 1.165) is 9.37 Å². The van der Waals surface area contributed by atoms with E-state index in [1.54, 1.807) is 11.8 Å². The topological polar surface area (TPSA) is 38.3 Å².